The van der Waals surface area contributed by atoms with Gasteiger partial charge in [0.1, 0.15) is 5.60 Å². The first-order chi connectivity index (χ1) is 13.7. The zero-order valence-electron chi connectivity index (χ0n) is 19.7. The van der Waals surface area contributed by atoms with E-state index in [9.17, 15) is 18.0 Å². The molecule has 1 saturated heterocycles. The molecule has 7 nitrogen and oxygen atoms in total. The van der Waals surface area contributed by atoms with Crippen LogP contribution in [0.4, 0.5) is 0 Å². The highest BCUT2D eigenvalue weighted by Gasteiger charge is 2.49. The summed E-state index contributed by atoms with van der Waals surface area (Å²) < 4.78 is 35.2. The molecule has 8 heteroatoms. The minimum Gasteiger partial charge on any atom is -0.469 e. The van der Waals surface area contributed by atoms with E-state index in [2.05, 4.69) is 27.7 Å². The fourth-order valence-corrected chi connectivity index (χ4v) is 5.63. The van der Waals surface area contributed by atoms with Gasteiger partial charge in [0.15, 0.2) is 15.9 Å². The summed E-state index contributed by atoms with van der Waals surface area (Å²) in [5, 5.41) is 0. The Kier molecular flexibility index (Phi) is 9.52. The number of carbonyl (C=O) groups is 2. The molecule has 3 unspecified atom stereocenters. The zero-order chi connectivity index (χ0) is 23.3. The van der Waals surface area contributed by atoms with Crippen LogP contribution in [-0.4, -0.2) is 56.3 Å². The lowest BCUT2D eigenvalue weighted by Gasteiger charge is -2.28. The van der Waals surface area contributed by atoms with Crippen molar-refractivity contribution < 1.29 is 27.5 Å². The number of rotatable bonds is 9. The van der Waals surface area contributed by atoms with Gasteiger partial charge >= 0.3 is 11.9 Å². The van der Waals surface area contributed by atoms with Crippen molar-refractivity contribution in [2.75, 3.05) is 18.6 Å². The quantitative estimate of drug-likeness (QED) is 0.398. The Bertz CT molecular complexity index is 737. The van der Waals surface area contributed by atoms with Crippen molar-refractivity contribution in [3.05, 3.63) is 0 Å². The van der Waals surface area contributed by atoms with Gasteiger partial charge in [-0.2, -0.15) is 0 Å². The Hall–Kier alpha value is -1.44. The Morgan fingerprint density at radius 1 is 1.10 bits per heavy atom. The third kappa shape index (κ3) is 7.67. The van der Waals surface area contributed by atoms with E-state index in [0.29, 0.717) is 12.3 Å². The number of carbonyl (C=O) groups excluding carboxylic acids is 2. The van der Waals surface area contributed by atoms with Gasteiger partial charge in [0.05, 0.1) is 24.5 Å². The maximum atomic E-state index is 13.1. The molecule has 5 atom stereocenters. The molecule has 0 aromatic heterocycles. The number of hydrogen-bond acceptors (Lipinski definition) is 7. The maximum absolute atomic E-state index is 13.1. The van der Waals surface area contributed by atoms with Crippen LogP contribution in [0.15, 0.2) is 4.99 Å². The van der Waals surface area contributed by atoms with Gasteiger partial charge in [0.25, 0.3) is 0 Å². The average molecular weight is 446 g/mol. The highest BCUT2D eigenvalue weighted by molar-refractivity contribution is 7.91. The first-order valence-corrected chi connectivity index (χ1v) is 12.6. The van der Waals surface area contributed by atoms with E-state index >= 15 is 0 Å². The third-order valence-electron chi connectivity index (χ3n) is 5.70. The summed E-state index contributed by atoms with van der Waals surface area (Å²) in [6.07, 6.45) is 2.53. The van der Waals surface area contributed by atoms with Crippen LogP contribution in [0.5, 0.6) is 0 Å². The number of methoxy groups -OCH3 is 1. The molecule has 0 saturated carbocycles. The third-order valence-corrected chi connectivity index (χ3v) is 7.45. The van der Waals surface area contributed by atoms with Gasteiger partial charge in [0.2, 0.25) is 0 Å². The summed E-state index contributed by atoms with van der Waals surface area (Å²) in [5.74, 6) is -3.04. The topological polar surface area (TPSA) is 99.1 Å². The first kappa shape index (κ1) is 26.6. The van der Waals surface area contributed by atoms with Crippen LogP contribution in [0, 0.1) is 23.7 Å². The van der Waals surface area contributed by atoms with E-state index in [0.717, 1.165) is 18.6 Å². The van der Waals surface area contributed by atoms with Gasteiger partial charge in [-0.1, -0.05) is 34.1 Å². The summed E-state index contributed by atoms with van der Waals surface area (Å²) in [4.78, 5) is 30.3. The Morgan fingerprint density at radius 3 is 2.17 bits per heavy atom. The summed E-state index contributed by atoms with van der Waals surface area (Å²) >= 11 is 0. The number of sulfone groups is 1. The predicted molar refractivity (Wildman–Crippen MR) is 118 cm³/mol. The molecule has 1 rings (SSSR count). The first-order valence-electron chi connectivity index (χ1n) is 10.8. The van der Waals surface area contributed by atoms with Crippen molar-refractivity contribution >= 4 is 27.5 Å². The molecule has 30 heavy (non-hydrogen) atoms. The van der Waals surface area contributed by atoms with Crippen molar-refractivity contribution in [3.63, 3.8) is 0 Å². The van der Waals surface area contributed by atoms with E-state index < -0.39 is 45.3 Å². The molecule has 0 amide bonds. The van der Waals surface area contributed by atoms with Crippen LogP contribution in [0.2, 0.25) is 0 Å². The van der Waals surface area contributed by atoms with Gasteiger partial charge < -0.3 is 9.47 Å². The predicted octanol–water partition coefficient (Wildman–Crippen LogP) is 3.45. The lowest BCUT2D eigenvalue weighted by Crippen LogP contribution is -2.41. The molecular weight excluding hydrogens is 406 g/mol. The molecular formula is C22H39NO6S. The molecule has 0 aromatic carbocycles. The van der Waals surface area contributed by atoms with Gasteiger partial charge in [-0.25, -0.2) is 13.2 Å². The van der Waals surface area contributed by atoms with E-state index in [4.69, 9.17) is 14.5 Å². The second-order valence-electron chi connectivity index (χ2n) is 9.50. The van der Waals surface area contributed by atoms with Crippen molar-refractivity contribution in [1.29, 1.82) is 0 Å². The highest BCUT2D eigenvalue weighted by Crippen LogP contribution is 2.33. The van der Waals surface area contributed by atoms with Gasteiger partial charge in [0, 0.05) is 11.6 Å². The SMILES string of the molecule is CCC(C)CC(=N[C@H](C(=O)OC(C)(C)C)C1CS(=O)(=O)C[C@H]1C(=O)OC)C(C)CC. The fourth-order valence-electron chi connectivity index (χ4n) is 3.56. The lowest BCUT2D eigenvalue weighted by molar-refractivity contribution is -0.158. The average Bonchev–Trinajstić information content (AvgIpc) is 2.96. The minimum absolute atomic E-state index is 0.138. The lowest BCUT2D eigenvalue weighted by atomic mass is 9.87. The molecule has 1 aliphatic rings. The van der Waals surface area contributed by atoms with Gasteiger partial charge in [-0.05, 0) is 45.4 Å². The number of hydrogen-bond donors (Lipinski definition) is 0. The smallest absolute Gasteiger partial charge is 0.331 e. The number of aliphatic imine (C=N–C) groups is 1. The normalized spacial score (nSPS) is 24.7. The summed E-state index contributed by atoms with van der Waals surface area (Å²) in [6, 6.07) is -1.06. The molecule has 1 fully saturated rings. The molecule has 0 bridgehead atoms. The van der Waals surface area contributed by atoms with E-state index in [-0.39, 0.29) is 17.4 Å². The second kappa shape index (κ2) is 10.7. The Morgan fingerprint density at radius 2 is 1.70 bits per heavy atom. The van der Waals surface area contributed by atoms with Crippen LogP contribution in [0.1, 0.15) is 67.7 Å². The standard InChI is InChI=1S/C22H39NO6S/c1-9-14(3)11-18(15(4)10-2)23-19(21(25)29-22(5,6)7)16-12-30(26,27)13-17(16)20(24)28-8/h14-17,19H,9-13H2,1-8H3/t14?,15?,16?,17-,19+/m1/s1. The monoisotopic (exact) mass is 445 g/mol. The number of nitrogens with zero attached hydrogens (tertiary/aromatic N) is 1. The van der Waals surface area contributed by atoms with Crippen LogP contribution >= 0.6 is 0 Å². The van der Waals surface area contributed by atoms with E-state index in [1.165, 1.54) is 7.11 Å². The summed E-state index contributed by atoms with van der Waals surface area (Å²) in [7, 11) is -2.26. The molecule has 0 N–H and O–H groups in total. The molecule has 0 aliphatic carbocycles. The second-order valence-corrected chi connectivity index (χ2v) is 11.6. The van der Waals surface area contributed by atoms with Gasteiger partial charge in [-0.15, -0.1) is 0 Å². The largest absolute Gasteiger partial charge is 0.469 e. The molecule has 0 radical (unpaired) electrons. The summed E-state index contributed by atoms with van der Waals surface area (Å²) in [5.41, 5.74) is 0.117. The van der Waals surface area contributed by atoms with E-state index in [1.807, 2.05) is 0 Å². The maximum Gasteiger partial charge on any atom is 0.331 e. The van der Waals surface area contributed by atoms with Crippen LogP contribution < -0.4 is 0 Å². The molecule has 0 spiro atoms. The zero-order valence-corrected chi connectivity index (χ0v) is 20.5. The summed E-state index contributed by atoms with van der Waals surface area (Å²) in [6.45, 7) is 13.6. The minimum atomic E-state index is -3.49. The molecule has 1 aliphatic heterocycles. The molecule has 1 heterocycles. The fraction of sp³-hybridized carbons (Fsp3) is 0.864. The number of esters is 2. The van der Waals surface area contributed by atoms with Crippen molar-refractivity contribution in [1.82, 2.24) is 0 Å². The number of ether oxygens (including phenoxy) is 2. The highest BCUT2D eigenvalue weighted by atomic mass is 32.2. The van der Waals surface area contributed by atoms with Crippen LogP contribution in [0.3, 0.4) is 0 Å². The molecule has 0 aromatic rings. The Labute approximate surface area is 181 Å². The van der Waals surface area contributed by atoms with Crippen molar-refractivity contribution in [3.8, 4) is 0 Å². The van der Waals surface area contributed by atoms with Crippen LogP contribution in [-0.2, 0) is 28.9 Å². The molecule has 174 valence electrons. The van der Waals surface area contributed by atoms with Crippen molar-refractivity contribution in [2.24, 2.45) is 28.7 Å². The van der Waals surface area contributed by atoms with Gasteiger partial charge in [-0.3, -0.25) is 9.79 Å². The van der Waals surface area contributed by atoms with Crippen molar-refractivity contribution in [2.45, 2.75) is 79.4 Å². The van der Waals surface area contributed by atoms with E-state index in [1.54, 1.807) is 20.8 Å². The van der Waals surface area contributed by atoms with Crippen LogP contribution in [0.25, 0.3) is 0 Å². The Balaban J connectivity index is 3.49.